The number of hydrogen-bond donors (Lipinski definition) is 1. The van der Waals surface area contributed by atoms with Crippen molar-refractivity contribution in [3.63, 3.8) is 0 Å². The van der Waals surface area contributed by atoms with Gasteiger partial charge in [0.2, 0.25) is 0 Å². The minimum absolute atomic E-state index is 0.181. The van der Waals surface area contributed by atoms with Crippen LogP contribution in [-0.4, -0.2) is 16.7 Å². The number of rotatable bonds is 8. The lowest BCUT2D eigenvalue weighted by molar-refractivity contribution is 0.0950. The van der Waals surface area contributed by atoms with Crippen molar-refractivity contribution in [2.75, 3.05) is 0 Å². The Balaban J connectivity index is 1.32. The predicted molar refractivity (Wildman–Crippen MR) is 160 cm³/mol. The molecule has 0 atom stereocenters. The van der Waals surface area contributed by atoms with E-state index in [1.807, 2.05) is 42.6 Å². The molecule has 0 bridgehead atoms. The number of nitrogens with one attached hydrogen (secondary N) is 1. The van der Waals surface area contributed by atoms with Crippen LogP contribution in [0.1, 0.15) is 27.0 Å². The normalized spacial score (nSPS) is 11.3. The molecule has 0 saturated heterocycles. The maximum atomic E-state index is 13.0. The molecule has 1 heterocycles. The van der Waals surface area contributed by atoms with Crippen LogP contribution in [0.5, 0.6) is 5.75 Å². The fourth-order valence-corrected chi connectivity index (χ4v) is 5.07. The average molecular weight is 597 g/mol. The minimum atomic E-state index is -0.402. The number of hydrogen-bond acceptors (Lipinski definition) is 3. The molecule has 1 amide bonds. The maximum Gasteiger partial charge on any atom is 0.275 e. The average Bonchev–Trinajstić information content (AvgIpc) is 3.27. The van der Waals surface area contributed by atoms with Crippen LogP contribution in [0.25, 0.3) is 10.9 Å². The zero-order valence-corrected chi connectivity index (χ0v) is 23.4. The Bertz CT molecular complexity index is 1700. The first-order chi connectivity index (χ1) is 18.9. The van der Waals surface area contributed by atoms with Gasteiger partial charge in [0.15, 0.2) is 0 Å². The van der Waals surface area contributed by atoms with Crippen LogP contribution in [0.4, 0.5) is 0 Å². The summed E-state index contributed by atoms with van der Waals surface area (Å²) in [6, 6.07) is 25.5. The van der Waals surface area contributed by atoms with Crippen LogP contribution in [0.2, 0.25) is 20.1 Å². The standard InChI is InChI=1S/C30H21Cl4N3O2/c31-22-11-9-19(26(33)13-22)16-37-17-21(24-5-1-3-7-28(24)37)15-35-36-30(38)25-6-2-4-8-29(25)39-18-20-10-12-23(32)14-27(20)34/h1-15,17H,16,18H2,(H,36,38)/b35-15+. The molecule has 0 radical (unpaired) electrons. The van der Waals surface area contributed by atoms with E-state index >= 15 is 0 Å². The molecule has 5 rings (SSSR count). The summed E-state index contributed by atoms with van der Waals surface area (Å²) in [6.07, 6.45) is 3.59. The Kier molecular flexibility index (Phi) is 8.44. The maximum absolute atomic E-state index is 13.0. The van der Waals surface area contributed by atoms with Crippen molar-refractivity contribution in [3.8, 4) is 5.75 Å². The Morgan fingerprint density at radius 3 is 2.26 bits per heavy atom. The highest BCUT2D eigenvalue weighted by Crippen LogP contribution is 2.27. The van der Waals surface area contributed by atoms with Crippen molar-refractivity contribution in [2.45, 2.75) is 13.2 Å². The second kappa shape index (κ2) is 12.1. The third-order valence-electron chi connectivity index (χ3n) is 6.07. The molecule has 0 unspecified atom stereocenters. The molecule has 0 fully saturated rings. The van der Waals surface area contributed by atoms with Gasteiger partial charge in [-0.25, -0.2) is 5.43 Å². The summed E-state index contributed by atoms with van der Waals surface area (Å²) in [5.74, 6) is 0.00778. The second-order valence-corrected chi connectivity index (χ2v) is 10.4. The van der Waals surface area contributed by atoms with Crippen molar-refractivity contribution < 1.29 is 9.53 Å². The second-order valence-electron chi connectivity index (χ2n) is 8.68. The van der Waals surface area contributed by atoms with Crippen LogP contribution in [0, 0.1) is 0 Å². The predicted octanol–water partition coefficient (Wildman–Crippen LogP) is 8.65. The number of hydrazone groups is 1. The third kappa shape index (κ3) is 6.40. The molecular formula is C30H21Cl4N3O2. The van der Waals surface area contributed by atoms with Gasteiger partial charge in [-0.15, -0.1) is 0 Å². The van der Waals surface area contributed by atoms with E-state index < -0.39 is 5.91 Å². The number of carbonyl (C=O) groups excluding carboxylic acids is 1. The van der Waals surface area contributed by atoms with E-state index in [0.29, 0.717) is 37.9 Å². The first-order valence-electron chi connectivity index (χ1n) is 11.9. The molecule has 39 heavy (non-hydrogen) atoms. The van der Waals surface area contributed by atoms with Gasteiger partial charge in [0.25, 0.3) is 5.91 Å². The van der Waals surface area contributed by atoms with Crippen LogP contribution in [0.3, 0.4) is 0 Å². The largest absolute Gasteiger partial charge is 0.488 e. The number of benzene rings is 4. The summed E-state index contributed by atoms with van der Waals surface area (Å²) < 4.78 is 7.98. The molecule has 0 saturated carbocycles. The lowest BCUT2D eigenvalue weighted by Crippen LogP contribution is -2.18. The van der Waals surface area contributed by atoms with Gasteiger partial charge >= 0.3 is 0 Å². The van der Waals surface area contributed by atoms with E-state index in [9.17, 15) is 4.79 Å². The Labute approximate surface area is 245 Å². The molecule has 4 aromatic carbocycles. The summed E-state index contributed by atoms with van der Waals surface area (Å²) in [5, 5.41) is 7.44. The Morgan fingerprint density at radius 2 is 1.51 bits per heavy atom. The van der Waals surface area contributed by atoms with Crippen molar-refractivity contribution in [2.24, 2.45) is 5.10 Å². The summed E-state index contributed by atoms with van der Waals surface area (Å²) in [5.41, 5.74) is 6.50. The number of ether oxygens (including phenoxy) is 1. The number of carbonyl (C=O) groups is 1. The molecule has 5 aromatic rings. The third-order valence-corrected chi connectivity index (χ3v) is 7.25. The van der Waals surface area contributed by atoms with E-state index in [2.05, 4.69) is 15.1 Å². The molecule has 0 aliphatic carbocycles. The molecule has 196 valence electrons. The zero-order valence-electron chi connectivity index (χ0n) is 20.4. The number of fused-ring (bicyclic) bond motifs is 1. The van der Waals surface area contributed by atoms with Crippen molar-refractivity contribution in [3.05, 3.63) is 133 Å². The van der Waals surface area contributed by atoms with Crippen LogP contribution < -0.4 is 10.2 Å². The summed E-state index contributed by atoms with van der Waals surface area (Å²) >= 11 is 24.7. The molecule has 1 N–H and O–H groups in total. The number of para-hydroxylation sites is 2. The van der Waals surface area contributed by atoms with E-state index in [1.165, 1.54) is 0 Å². The van der Waals surface area contributed by atoms with Crippen LogP contribution >= 0.6 is 46.4 Å². The quantitative estimate of drug-likeness (QED) is 0.144. The molecule has 0 aliphatic rings. The van der Waals surface area contributed by atoms with Crippen LogP contribution in [0.15, 0.2) is 96.2 Å². The van der Waals surface area contributed by atoms with Crippen molar-refractivity contribution in [1.29, 1.82) is 0 Å². The molecule has 0 spiro atoms. The fraction of sp³-hybridized carbons (Fsp3) is 0.0667. The van der Waals surface area contributed by atoms with E-state index in [0.717, 1.165) is 27.6 Å². The van der Waals surface area contributed by atoms with Crippen molar-refractivity contribution >= 4 is 69.4 Å². The number of aromatic nitrogens is 1. The van der Waals surface area contributed by atoms with Gasteiger partial charge in [0.05, 0.1) is 11.8 Å². The molecule has 5 nitrogen and oxygen atoms in total. The van der Waals surface area contributed by atoms with Gasteiger partial charge in [0, 0.05) is 54.9 Å². The zero-order chi connectivity index (χ0) is 27.4. The highest BCUT2D eigenvalue weighted by molar-refractivity contribution is 6.35. The minimum Gasteiger partial charge on any atom is -0.488 e. The van der Waals surface area contributed by atoms with Gasteiger partial charge < -0.3 is 9.30 Å². The molecule has 0 aliphatic heterocycles. The number of nitrogens with zero attached hydrogens (tertiary/aromatic N) is 2. The van der Waals surface area contributed by atoms with Crippen LogP contribution in [-0.2, 0) is 13.2 Å². The highest BCUT2D eigenvalue weighted by Gasteiger charge is 2.13. The van der Waals surface area contributed by atoms with Gasteiger partial charge in [-0.2, -0.15) is 5.10 Å². The number of amides is 1. The smallest absolute Gasteiger partial charge is 0.275 e. The first kappa shape index (κ1) is 27.1. The lowest BCUT2D eigenvalue weighted by Gasteiger charge is -2.11. The lowest BCUT2D eigenvalue weighted by atomic mass is 10.2. The van der Waals surface area contributed by atoms with E-state index in [4.69, 9.17) is 51.1 Å². The van der Waals surface area contributed by atoms with E-state index in [1.54, 1.807) is 54.7 Å². The SMILES string of the molecule is O=C(N/N=C/c1cn(Cc2ccc(Cl)cc2Cl)c2ccccc12)c1ccccc1OCc1ccc(Cl)cc1Cl. The van der Waals surface area contributed by atoms with Gasteiger partial charge in [0.1, 0.15) is 12.4 Å². The highest BCUT2D eigenvalue weighted by atomic mass is 35.5. The van der Waals surface area contributed by atoms with Crippen molar-refractivity contribution in [1.82, 2.24) is 9.99 Å². The monoisotopic (exact) mass is 595 g/mol. The fourth-order valence-electron chi connectivity index (χ4n) is 4.14. The summed E-state index contributed by atoms with van der Waals surface area (Å²) in [7, 11) is 0. The summed E-state index contributed by atoms with van der Waals surface area (Å²) in [4.78, 5) is 13.0. The Hall–Kier alpha value is -3.48. The molecule has 1 aromatic heterocycles. The Morgan fingerprint density at radius 1 is 0.846 bits per heavy atom. The van der Waals surface area contributed by atoms with E-state index in [-0.39, 0.29) is 6.61 Å². The first-order valence-corrected chi connectivity index (χ1v) is 13.4. The molecule has 9 heteroatoms. The number of halogens is 4. The topological polar surface area (TPSA) is 55.6 Å². The van der Waals surface area contributed by atoms with Gasteiger partial charge in [-0.05, 0) is 48.0 Å². The van der Waals surface area contributed by atoms with Gasteiger partial charge in [-0.1, -0.05) is 88.9 Å². The summed E-state index contributed by atoms with van der Waals surface area (Å²) in [6.45, 7) is 0.736. The van der Waals surface area contributed by atoms with Gasteiger partial charge in [-0.3, -0.25) is 4.79 Å². The molecular weight excluding hydrogens is 576 g/mol.